The number of pyridine rings is 2. The summed E-state index contributed by atoms with van der Waals surface area (Å²) in [6.07, 6.45) is 2.53. The molecule has 0 spiro atoms. The Morgan fingerprint density at radius 1 is 0.958 bits per heavy atom. The number of aryl methyl sites for hydroxylation is 1. The SMILES string of the molecule is Cc1cc2cc(Cc3ccc4cccnc4n3)ccc2cc1C#N. The first-order valence-corrected chi connectivity index (χ1v) is 7.87. The van der Waals surface area contributed by atoms with Gasteiger partial charge in [0.2, 0.25) is 0 Å². The molecule has 0 aliphatic heterocycles. The minimum absolute atomic E-state index is 0.734. The van der Waals surface area contributed by atoms with Gasteiger partial charge in [-0.3, -0.25) is 0 Å². The molecule has 0 radical (unpaired) electrons. The van der Waals surface area contributed by atoms with Crippen LogP contribution in [0.3, 0.4) is 0 Å². The summed E-state index contributed by atoms with van der Waals surface area (Å²) < 4.78 is 0. The third-order valence-electron chi connectivity index (χ3n) is 4.28. The highest BCUT2D eigenvalue weighted by Gasteiger charge is 2.05. The van der Waals surface area contributed by atoms with Crippen molar-refractivity contribution >= 4 is 21.8 Å². The second kappa shape index (κ2) is 5.75. The molecule has 114 valence electrons. The van der Waals surface area contributed by atoms with Crippen LogP contribution >= 0.6 is 0 Å². The summed E-state index contributed by atoms with van der Waals surface area (Å²) in [7, 11) is 0. The molecule has 2 aromatic carbocycles. The monoisotopic (exact) mass is 309 g/mol. The summed E-state index contributed by atoms with van der Waals surface area (Å²) >= 11 is 0. The van der Waals surface area contributed by atoms with E-state index in [-0.39, 0.29) is 0 Å². The number of benzene rings is 2. The Balaban J connectivity index is 1.72. The van der Waals surface area contributed by atoms with E-state index < -0.39 is 0 Å². The van der Waals surface area contributed by atoms with Gasteiger partial charge in [0.15, 0.2) is 5.65 Å². The van der Waals surface area contributed by atoms with Gasteiger partial charge in [-0.05, 0) is 59.2 Å². The maximum Gasteiger partial charge on any atom is 0.159 e. The first-order valence-electron chi connectivity index (χ1n) is 7.87. The number of rotatable bonds is 2. The highest BCUT2D eigenvalue weighted by molar-refractivity contribution is 5.85. The van der Waals surface area contributed by atoms with Crippen LogP contribution in [0, 0.1) is 18.3 Å². The molecule has 3 heteroatoms. The Morgan fingerprint density at radius 2 is 1.83 bits per heavy atom. The molecule has 0 aliphatic carbocycles. The van der Waals surface area contributed by atoms with E-state index in [1.165, 1.54) is 5.56 Å². The van der Waals surface area contributed by atoms with Crippen molar-refractivity contribution in [3.8, 4) is 6.07 Å². The fraction of sp³-hybridized carbons (Fsp3) is 0.0952. The van der Waals surface area contributed by atoms with E-state index in [9.17, 15) is 0 Å². The molecule has 0 saturated heterocycles. The molecule has 0 N–H and O–H groups in total. The van der Waals surface area contributed by atoms with Crippen molar-refractivity contribution in [2.75, 3.05) is 0 Å². The number of nitrogens with zero attached hydrogens (tertiary/aromatic N) is 3. The Labute approximate surface area is 140 Å². The first-order chi connectivity index (χ1) is 11.7. The number of hydrogen-bond donors (Lipinski definition) is 0. The fourth-order valence-electron chi connectivity index (χ4n) is 2.99. The molecule has 2 heterocycles. The highest BCUT2D eigenvalue weighted by Crippen LogP contribution is 2.22. The van der Waals surface area contributed by atoms with Crippen molar-refractivity contribution in [1.29, 1.82) is 5.26 Å². The van der Waals surface area contributed by atoms with Crippen LogP contribution in [0.15, 0.2) is 60.8 Å². The third kappa shape index (κ3) is 2.59. The molecule has 0 bridgehead atoms. The maximum atomic E-state index is 9.15. The van der Waals surface area contributed by atoms with Gasteiger partial charge in [0.05, 0.1) is 11.6 Å². The van der Waals surface area contributed by atoms with Gasteiger partial charge in [-0.1, -0.05) is 24.3 Å². The molecule has 3 nitrogen and oxygen atoms in total. The first kappa shape index (κ1) is 14.3. The van der Waals surface area contributed by atoms with E-state index in [0.29, 0.717) is 0 Å². The van der Waals surface area contributed by atoms with E-state index in [1.54, 1.807) is 6.20 Å². The molecular weight excluding hydrogens is 294 g/mol. The summed E-state index contributed by atoms with van der Waals surface area (Å²) in [5.41, 5.74) is 4.73. The second-order valence-corrected chi connectivity index (χ2v) is 5.99. The van der Waals surface area contributed by atoms with E-state index in [2.05, 4.69) is 52.4 Å². The van der Waals surface area contributed by atoms with Crippen LogP contribution in [0.1, 0.15) is 22.4 Å². The molecule has 0 fully saturated rings. The summed E-state index contributed by atoms with van der Waals surface area (Å²) in [5, 5.41) is 12.5. The Morgan fingerprint density at radius 3 is 2.71 bits per heavy atom. The lowest BCUT2D eigenvalue weighted by molar-refractivity contribution is 1.09. The van der Waals surface area contributed by atoms with Crippen LogP contribution in [0.5, 0.6) is 0 Å². The van der Waals surface area contributed by atoms with Crippen molar-refractivity contribution in [3.63, 3.8) is 0 Å². The standard InChI is InChI=1S/C21H15N3/c1-14-9-18-10-15(4-5-17(18)12-19(14)13-22)11-20-7-6-16-3-2-8-23-21(16)24-20/h2-10,12H,11H2,1H3. The van der Waals surface area contributed by atoms with Gasteiger partial charge in [-0.25, -0.2) is 9.97 Å². The van der Waals surface area contributed by atoms with Crippen LogP contribution in [0.2, 0.25) is 0 Å². The number of aromatic nitrogens is 2. The molecule has 0 aliphatic rings. The van der Waals surface area contributed by atoms with Gasteiger partial charge in [-0.15, -0.1) is 0 Å². The fourth-order valence-corrected chi connectivity index (χ4v) is 2.99. The molecule has 2 aromatic heterocycles. The number of nitriles is 1. The maximum absolute atomic E-state index is 9.15. The van der Waals surface area contributed by atoms with Crippen LogP contribution in [-0.2, 0) is 6.42 Å². The van der Waals surface area contributed by atoms with Crippen molar-refractivity contribution in [3.05, 3.63) is 83.2 Å². The van der Waals surface area contributed by atoms with Gasteiger partial charge < -0.3 is 0 Å². The van der Waals surface area contributed by atoms with E-state index >= 15 is 0 Å². The van der Waals surface area contributed by atoms with Gasteiger partial charge in [0.25, 0.3) is 0 Å². The molecule has 24 heavy (non-hydrogen) atoms. The van der Waals surface area contributed by atoms with Crippen molar-refractivity contribution < 1.29 is 0 Å². The van der Waals surface area contributed by atoms with Crippen molar-refractivity contribution in [2.45, 2.75) is 13.3 Å². The van der Waals surface area contributed by atoms with Crippen molar-refractivity contribution in [1.82, 2.24) is 9.97 Å². The van der Waals surface area contributed by atoms with E-state index in [4.69, 9.17) is 5.26 Å². The summed E-state index contributed by atoms with van der Waals surface area (Å²) in [4.78, 5) is 8.96. The average molecular weight is 309 g/mol. The Hall–Kier alpha value is -3.25. The average Bonchev–Trinajstić information content (AvgIpc) is 2.61. The van der Waals surface area contributed by atoms with Crippen molar-refractivity contribution in [2.24, 2.45) is 0 Å². The van der Waals surface area contributed by atoms with Crippen LogP contribution in [0.4, 0.5) is 0 Å². The zero-order valence-electron chi connectivity index (χ0n) is 13.3. The Kier molecular flexibility index (Phi) is 3.44. The number of fused-ring (bicyclic) bond motifs is 2. The minimum atomic E-state index is 0.734. The number of hydrogen-bond acceptors (Lipinski definition) is 3. The van der Waals surface area contributed by atoms with Crippen LogP contribution in [-0.4, -0.2) is 9.97 Å². The molecule has 4 rings (SSSR count). The van der Waals surface area contributed by atoms with Gasteiger partial charge in [0.1, 0.15) is 0 Å². The molecule has 4 aromatic rings. The van der Waals surface area contributed by atoms with Gasteiger partial charge >= 0.3 is 0 Å². The normalized spacial score (nSPS) is 10.8. The smallest absolute Gasteiger partial charge is 0.159 e. The quantitative estimate of drug-likeness (QED) is 0.545. The Bertz CT molecular complexity index is 1110. The molecular formula is C21H15N3. The summed E-state index contributed by atoms with van der Waals surface area (Å²) in [5.74, 6) is 0. The highest BCUT2D eigenvalue weighted by atomic mass is 14.8. The molecule has 0 atom stereocenters. The molecule has 0 amide bonds. The van der Waals surface area contributed by atoms with Crippen LogP contribution in [0.25, 0.3) is 21.8 Å². The molecule has 0 unspecified atom stereocenters. The predicted octanol–water partition coefficient (Wildman–Crippen LogP) is 4.55. The predicted molar refractivity (Wildman–Crippen MR) is 95.7 cm³/mol. The molecule has 0 saturated carbocycles. The zero-order chi connectivity index (χ0) is 16.5. The second-order valence-electron chi connectivity index (χ2n) is 5.99. The van der Waals surface area contributed by atoms with E-state index in [1.807, 2.05) is 25.1 Å². The van der Waals surface area contributed by atoms with Gasteiger partial charge in [0, 0.05) is 23.7 Å². The van der Waals surface area contributed by atoms with E-state index in [0.717, 1.165) is 45.0 Å². The lowest BCUT2D eigenvalue weighted by Crippen LogP contribution is -1.94. The summed E-state index contributed by atoms with van der Waals surface area (Å²) in [6.45, 7) is 1.97. The minimum Gasteiger partial charge on any atom is -0.237 e. The largest absolute Gasteiger partial charge is 0.237 e. The van der Waals surface area contributed by atoms with Crippen LogP contribution < -0.4 is 0 Å². The topological polar surface area (TPSA) is 49.6 Å². The summed E-state index contributed by atoms with van der Waals surface area (Å²) in [6, 6.07) is 20.7. The third-order valence-corrected chi connectivity index (χ3v) is 4.28. The lowest BCUT2D eigenvalue weighted by atomic mass is 9.99. The zero-order valence-corrected chi connectivity index (χ0v) is 13.3. The van der Waals surface area contributed by atoms with Gasteiger partial charge in [-0.2, -0.15) is 5.26 Å². The lowest BCUT2D eigenvalue weighted by Gasteiger charge is -2.07.